The summed E-state index contributed by atoms with van der Waals surface area (Å²) in [5.74, 6) is 2.27. The Bertz CT molecular complexity index is 587. The van der Waals surface area contributed by atoms with E-state index in [0.29, 0.717) is 35.7 Å². The van der Waals surface area contributed by atoms with E-state index in [1.54, 1.807) is 0 Å². The van der Waals surface area contributed by atoms with E-state index < -0.39 is 0 Å². The second-order valence-electron chi connectivity index (χ2n) is 9.35. The zero-order valence-corrected chi connectivity index (χ0v) is 14.2. The molecule has 0 N–H and O–H groups in total. The van der Waals surface area contributed by atoms with Gasteiger partial charge in [-0.3, -0.25) is 9.59 Å². The van der Waals surface area contributed by atoms with E-state index in [9.17, 15) is 9.59 Å². The first-order chi connectivity index (χ1) is 10.2. The van der Waals surface area contributed by atoms with Gasteiger partial charge >= 0.3 is 0 Å². The minimum Gasteiger partial charge on any atom is -0.299 e. The molecule has 2 bridgehead atoms. The van der Waals surface area contributed by atoms with E-state index in [1.807, 2.05) is 0 Å². The number of allylic oxidation sites excluding steroid dienone is 1. The van der Waals surface area contributed by atoms with Gasteiger partial charge in [-0.25, -0.2) is 0 Å². The van der Waals surface area contributed by atoms with Crippen molar-refractivity contribution < 1.29 is 9.59 Å². The fourth-order valence-electron chi connectivity index (χ4n) is 7.01. The highest BCUT2D eigenvalue weighted by Crippen LogP contribution is 2.70. The Labute approximate surface area is 133 Å². The van der Waals surface area contributed by atoms with Crippen molar-refractivity contribution >= 4 is 11.6 Å². The Morgan fingerprint density at radius 3 is 2.50 bits per heavy atom. The average molecular weight is 300 g/mol. The predicted octanol–water partition coefficient (Wildman–Crippen LogP) is 4.33. The molecule has 2 heteroatoms. The summed E-state index contributed by atoms with van der Waals surface area (Å²) in [5, 5.41) is 0. The maximum atomic E-state index is 12.9. The lowest BCUT2D eigenvalue weighted by Crippen LogP contribution is -2.63. The molecule has 0 unspecified atom stereocenters. The standard InChI is InChI=1S/C20H28O2/c1-12-11-20-8-5-14-18(2,3)16(21)6-7-19(14,4)15(20)9-13(12)10-17(20)22/h13-15H,1,5-11H2,2-4H3/t13-,14-,15+,19-,20+/m1/s1. The second kappa shape index (κ2) is 4.13. The summed E-state index contributed by atoms with van der Waals surface area (Å²) >= 11 is 0. The van der Waals surface area contributed by atoms with Crippen LogP contribution in [-0.4, -0.2) is 11.6 Å². The number of carbonyl (C=O) groups is 2. The van der Waals surface area contributed by atoms with Crippen LogP contribution in [0.1, 0.15) is 65.7 Å². The molecule has 0 amide bonds. The van der Waals surface area contributed by atoms with E-state index in [4.69, 9.17) is 0 Å². The topological polar surface area (TPSA) is 34.1 Å². The van der Waals surface area contributed by atoms with Gasteiger partial charge in [0.05, 0.1) is 0 Å². The summed E-state index contributed by atoms with van der Waals surface area (Å²) in [4.78, 5) is 25.4. The first-order valence-corrected chi connectivity index (χ1v) is 8.96. The quantitative estimate of drug-likeness (QED) is 0.624. The maximum absolute atomic E-state index is 12.9. The first-order valence-electron chi connectivity index (χ1n) is 8.96. The zero-order chi connectivity index (χ0) is 15.9. The predicted molar refractivity (Wildman–Crippen MR) is 86.3 cm³/mol. The minimum absolute atomic E-state index is 0.131. The lowest BCUT2D eigenvalue weighted by Gasteiger charge is -2.66. The third-order valence-electron chi connectivity index (χ3n) is 8.25. The van der Waals surface area contributed by atoms with Crippen LogP contribution in [0.25, 0.3) is 0 Å². The van der Waals surface area contributed by atoms with Crippen molar-refractivity contribution in [3.63, 3.8) is 0 Å². The average Bonchev–Trinajstić information content (AvgIpc) is 2.44. The van der Waals surface area contributed by atoms with Crippen molar-refractivity contribution in [2.24, 2.45) is 34.0 Å². The Morgan fingerprint density at radius 1 is 1.05 bits per heavy atom. The van der Waals surface area contributed by atoms with Crippen LogP contribution in [0.15, 0.2) is 12.2 Å². The largest absolute Gasteiger partial charge is 0.299 e. The second-order valence-corrected chi connectivity index (χ2v) is 9.35. The smallest absolute Gasteiger partial charge is 0.140 e. The normalized spacial score (nSPS) is 49.8. The lowest BCUT2D eigenvalue weighted by molar-refractivity contribution is -0.182. The molecule has 0 aromatic rings. The zero-order valence-electron chi connectivity index (χ0n) is 14.2. The first kappa shape index (κ1) is 14.7. The van der Waals surface area contributed by atoms with Crippen LogP contribution in [0.2, 0.25) is 0 Å². The molecule has 5 aliphatic rings. The number of Topliss-reactive ketones (excluding diaryl/α,β-unsaturated/α-hetero) is 2. The summed E-state index contributed by atoms with van der Waals surface area (Å²) in [6, 6.07) is 0. The van der Waals surface area contributed by atoms with Crippen LogP contribution < -0.4 is 0 Å². The molecule has 5 saturated carbocycles. The number of rotatable bonds is 0. The Hall–Kier alpha value is -0.920. The summed E-state index contributed by atoms with van der Waals surface area (Å²) < 4.78 is 0. The van der Waals surface area contributed by atoms with Gasteiger partial charge in [-0.2, -0.15) is 0 Å². The molecule has 5 fully saturated rings. The molecule has 120 valence electrons. The summed E-state index contributed by atoms with van der Waals surface area (Å²) in [5.41, 5.74) is 1.13. The van der Waals surface area contributed by atoms with E-state index in [-0.39, 0.29) is 16.2 Å². The molecular formula is C20H28O2. The fraction of sp³-hybridized carbons (Fsp3) is 0.800. The Balaban J connectivity index is 1.80. The van der Waals surface area contributed by atoms with E-state index in [2.05, 4.69) is 27.4 Å². The molecule has 0 aromatic heterocycles. The SMILES string of the molecule is C=C1C[C@@]23CC[C@@H]4C(C)(C)C(=O)CC[C@@]4(C)[C@@H]2C[C@@H]1CC3=O. The van der Waals surface area contributed by atoms with Gasteiger partial charge in [-0.1, -0.05) is 32.9 Å². The highest BCUT2D eigenvalue weighted by atomic mass is 16.1. The van der Waals surface area contributed by atoms with Crippen molar-refractivity contribution in [1.29, 1.82) is 0 Å². The molecule has 5 aliphatic carbocycles. The summed E-state index contributed by atoms with van der Waals surface area (Å²) in [7, 11) is 0. The molecule has 0 aliphatic heterocycles. The molecule has 0 heterocycles. The molecule has 0 radical (unpaired) electrons. The number of hydrogen-bond acceptors (Lipinski definition) is 2. The molecule has 0 saturated heterocycles. The van der Waals surface area contributed by atoms with E-state index in [1.165, 1.54) is 5.57 Å². The van der Waals surface area contributed by atoms with Crippen LogP contribution in [0.3, 0.4) is 0 Å². The minimum atomic E-state index is -0.217. The Morgan fingerprint density at radius 2 is 1.77 bits per heavy atom. The molecule has 2 nitrogen and oxygen atoms in total. The number of carbonyl (C=O) groups excluding carboxylic acids is 2. The van der Waals surface area contributed by atoms with Crippen LogP contribution in [0, 0.1) is 34.0 Å². The van der Waals surface area contributed by atoms with Gasteiger partial charge in [-0.05, 0) is 55.3 Å². The van der Waals surface area contributed by atoms with Crippen molar-refractivity contribution in [1.82, 2.24) is 0 Å². The third kappa shape index (κ3) is 1.52. The number of hydrogen-bond donors (Lipinski definition) is 0. The maximum Gasteiger partial charge on any atom is 0.140 e. The highest BCUT2D eigenvalue weighted by Gasteiger charge is 2.66. The molecule has 1 spiro atoms. The lowest BCUT2D eigenvalue weighted by atomic mass is 9.36. The van der Waals surface area contributed by atoms with Crippen molar-refractivity contribution in [3.8, 4) is 0 Å². The summed E-state index contributed by atoms with van der Waals surface area (Å²) in [6.45, 7) is 11.0. The summed E-state index contributed by atoms with van der Waals surface area (Å²) in [6.07, 6.45) is 6.51. The van der Waals surface area contributed by atoms with Crippen molar-refractivity contribution in [3.05, 3.63) is 12.2 Å². The van der Waals surface area contributed by atoms with Gasteiger partial charge in [0.15, 0.2) is 0 Å². The van der Waals surface area contributed by atoms with Crippen LogP contribution in [-0.2, 0) is 9.59 Å². The molecule has 0 aromatic carbocycles. The van der Waals surface area contributed by atoms with Crippen LogP contribution in [0.4, 0.5) is 0 Å². The highest BCUT2D eigenvalue weighted by molar-refractivity contribution is 5.89. The van der Waals surface area contributed by atoms with Crippen LogP contribution >= 0.6 is 0 Å². The van der Waals surface area contributed by atoms with Crippen molar-refractivity contribution in [2.45, 2.75) is 65.7 Å². The Kier molecular flexibility index (Phi) is 2.75. The third-order valence-corrected chi connectivity index (χ3v) is 8.25. The monoisotopic (exact) mass is 300 g/mol. The van der Waals surface area contributed by atoms with Gasteiger partial charge in [0.25, 0.3) is 0 Å². The van der Waals surface area contributed by atoms with Gasteiger partial charge < -0.3 is 0 Å². The number of ketones is 2. The van der Waals surface area contributed by atoms with Crippen molar-refractivity contribution in [2.75, 3.05) is 0 Å². The molecule has 5 atom stereocenters. The van der Waals surface area contributed by atoms with Gasteiger partial charge in [0.1, 0.15) is 11.6 Å². The molecule has 5 rings (SSSR count). The van der Waals surface area contributed by atoms with Crippen LogP contribution in [0.5, 0.6) is 0 Å². The van der Waals surface area contributed by atoms with E-state index in [0.717, 1.165) is 38.5 Å². The molecule has 22 heavy (non-hydrogen) atoms. The fourth-order valence-corrected chi connectivity index (χ4v) is 7.01. The molecular weight excluding hydrogens is 272 g/mol. The van der Waals surface area contributed by atoms with Gasteiger partial charge in [-0.15, -0.1) is 0 Å². The van der Waals surface area contributed by atoms with Gasteiger partial charge in [0.2, 0.25) is 0 Å². The number of fused-ring (bicyclic) bond motifs is 3. The van der Waals surface area contributed by atoms with E-state index >= 15 is 0 Å². The van der Waals surface area contributed by atoms with Gasteiger partial charge in [0, 0.05) is 23.7 Å².